The standard InChI is InChI=1S/C16H26N2O2.ClH/c1-13(12-16(19)18(3)10-9-17-2)11-14-7-5-6-8-15(14)20-4;/h5-8,13,17H,9-12H2,1-4H3;1H. The van der Waals surface area contributed by atoms with Crippen LogP contribution in [0.3, 0.4) is 0 Å². The Kier molecular flexibility index (Phi) is 9.84. The van der Waals surface area contributed by atoms with Crippen molar-refractivity contribution in [3.05, 3.63) is 29.8 Å². The molecule has 0 fully saturated rings. The quantitative estimate of drug-likeness (QED) is 0.801. The van der Waals surface area contributed by atoms with Gasteiger partial charge in [-0.3, -0.25) is 4.79 Å². The molecule has 1 unspecified atom stereocenters. The first-order valence-electron chi connectivity index (χ1n) is 7.09. The number of benzene rings is 1. The highest BCUT2D eigenvalue weighted by molar-refractivity contribution is 5.85. The van der Waals surface area contributed by atoms with E-state index >= 15 is 0 Å². The molecule has 21 heavy (non-hydrogen) atoms. The summed E-state index contributed by atoms with van der Waals surface area (Å²) in [6.07, 6.45) is 1.42. The fourth-order valence-electron chi connectivity index (χ4n) is 2.18. The van der Waals surface area contributed by atoms with E-state index < -0.39 is 0 Å². The molecule has 0 bridgehead atoms. The molecule has 0 aromatic heterocycles. The number of carbonyl (C=O) groups is 1. The van der Waals surface area contributed by atoms with Crippen LogP contribution in [-0.2, 0) is 11.2 Å². The van der Waals surface area contributed by atoms with Crippen molar-refractivity contribution < 1.29 is 9.53 Å². The minimum atomic E-state index is 0. The molecular weight excluding hydrogens is 288 g/mol. The van der Waals surface area contributed by atoms with E-state index in [1.807, 2.05) is 32.3 Å². The van der Waals surface area contributed by atoms with Gasteiger partial charge in [0.1, 0.15) is 5.75 Å². The highest BCUT2D eigenvalue weighted by Gasteiger charge is 2.15. The zero-order valence-electron chi connectivity index (χ0n) is 13.4. The van der Waals surface area contributed by atoms with Crippen LogP contribution in [0.25, 0.3) is 0 Å². The molecule has 1 atom stereocenters. The monoisotopic (exact) mass is 314 g/mol. The van der Waals surface area contributed by atoms with Gasteiger partial charge < -0.3 is 15.0 Å². The molecule has 5 heteroatoms. The minimum absolute atomic E-state index is 0. The van der Waals surface area contributed by atoms with E-state index in [4.69, 9.17) is 4.74 Å². The van der Waals surface area contributed by atoms with E-state index in [1.165, 1.54) is 0 Å². The molecule has 1 aromatic rings. The Bertz CT molecular complexity index is 426. The number of amides is 1. The van der Waals surface area contributed by atoms with E-state index in [1.54, 1.807) is 12.0 Å². The maximum Gasteiger partial charge on any atom is 0.222 e. The first kappa shape index (κ1) is 19.7. The summed E-state index contributed by atoms with van der Waals surface area (Å²) in [6.45, 7) is 3.68. The largest absolute Gasteiger partial charge is 0.496 e. The second kappa shape index (κ2) is 10.5. The number of ether oxygens (including phenoxy) is 1. The number of nitrogens with zero attached hydrogens (tertiary/aromatic N) is 1. The highest BCUT2D eigenvalue weighted by Crippen LogP contribution is 2.22. The number of likely N-dealkylation sites (N-methyl/N-ethyl adjacent to an activating group) is 2. The molecule has 0 saturated heterocycles. The number of hydrogen-bond acceptors (Lipinski definition) is 3. The van der Waals surface area contributed by atoms with Crippen molar-refractivity contribution in [2.75, 3.05) is 34.3 Å². The molecule has 1 amide bonds. The lowest BCUT2D eigenvalue weighted by Crippen LogP contribution is -2.33. The van der Waals surface area contributed by atoms with Gasteiger partial charge in [0.25, 0.3) is 0 Å². The predicted octanol–water partition coefficient (Wildman–Crippen LogP) is 2.36. The van der Waals surface area contributed by atoms with Crippen LogP contribution >= 0.6 is 12.4 Å². The summed E-state index contributed by atoms with van der Waals surface area (Å²) in [5.41, 5.74) is 1.16. The van der Waals surface area contributed by atoms with Crippen molar-refractivity contribution >= 4 is 18.3 Å². The first-order chi connectivity index (χ1) is 9.58. The summed E-state index contributed by atoms with van der Waals surface area (Å²) >= 11 is 0. The van der Waals surface area contributed by atoms with E-state index in [2.05, 4.69) is 18.3 Å². The van der Waals surface area contributed by atoms with Gasteiger partial charge in [0, 0.05) is 26.6 Å². The lowest BCUT2D eigenvalue weighted by atomic mass is 9.97. The zero-order valence-corrected chi connectivity index (χ0v) is 14.2. The van der Waals surface area contributed by atoms with E-state index in [0.29, 0.717) is 12.3 Å². The Morgan fingerprint density at radius 2 is 2.05 bits per heavy atom. The van der Waals surface area contributed by atoms with Crippen molar-refractivity contribution in [2.45, 2.75) is 19.8 Å². The van der Waals surface area contributed by atoms with Gasteiger partial charge in [0.2, 0.25) is 5.91 Å². The highest BCUT2D eigenvalue weighted by atomic mass is 35.5. The Balaban J connectivity index is 0.00000400. The number of methoxy groups -OCH3 is 1. The number of para-hydroxylation sites is 1. The van der Waals surface area contributed by atoms with Gasteiger partial charge in [-0.1, -0.05) is 25.1 Å². The maximum absolute atomic E-state index is 12.1. The Morgan fingerprint density at radius 3 is 2.67 bits per heavy atom. The smallest absolute Gasteiger partial charge is 0.222 e. The van der Waals surface area contributed by atoms with E-state index in [-0.39, 0.29) is 18.3 Å². The van der Waals surface area contributed by atoms with Crippen LogP contribution in [0.5, 0.6) is 5.75 Å². The van der Waals surface area contributed by atoms with Crippen LogP contribution in [-0.4, -0.2) is 45.1 Å². The van der Waals surface area contributed by atoms with Crippen LogP contribution in [0, 0.1) is 5.92 Å². The van der Waals surface area contributed by atoms with Gasteiger partial charge in [0.15, 0.2) is 0 Å². The summed E-state index contributed by atoms with van der Waals surface area (Å²) in [7, 11) is 5.43. The number of hydrogen-bond donors (Lipinski definition) is 1. The molecule has 0 heterocycles. The van der Waals surface area contributed by atoms with Crippen molar-refractivity contribution in [1.82, 2.24) is 10.2 Å². The Morgan fingerprint density at radius 1 is 1.38 bits per heavy atom. The molecule has 0 aliphatic rings. The summed E-state index contributed by atoms with van der Waals surface area (Å²) < 4.78 is 5.35. The molecule has 0 spiro atoms. The molecule has 0 aliphatic carbocycles. The van der Waals surface area contributed by atoms with Crippen LogP contribution in [0.1, 0.15) is 18.9 Å². The van der Waals surface area contributed by atoms with Crippen molar-refractivity contribution in [1.29, 1.82) is 0 Å². The molecule has 0 radical (unpaired) electrons. The SMILES string of the molecule is CNCCN(C)C(=O)CC(C)Cc1ccccc1OC.Cl. The van der Waals surface area contributed by atoms with Crippen LogP contribution in [0.2, 0.25) is 0 Å². The summed E-state index contributed by atoms with van der Waals surface area (Å²) in [5, 5.41) is 3.05. The van der Waals surface area contributed by atoms with E-state index in [9.17, 15) is 4.79 Å². The number of nitrogens with one attached hydrogen (secondary N) is 1. The molecule has 1 rings (SSSR count). The van der Waals surface area contributed by atoms with Crippen LogP contribution in [0.4, 0.5) is 0 Å². The second-order valence-electron chi connectivity index (χ2n) is 5.24. The number of carbonyl (C=O) groups excluding carboxylic acids is 1. The van der Waals surface area contributed by atoms with Gasteiger partial charge in [-0.15, -0.1) is 12.4 Å². The topological polar surface area (TPSA) is 41.6 Å². The summed E-state index contributed by atoms with van der Waals surface area (Å²) in [5.74, 6) is 1.40. The van der Waals surface area contributed by atoms with Gasteiger partial charge in [-0.25, -0.2) is 0 Å². The van der Waals surface area contributed by atoms with Gasteiger partial charge in [-0.05, 0) is 31.0 Å². The van der Waals surface area contributed by atoms with Crippen molar-refractivity contribution in [2.24, 2.45) is 5.92 Å². The normalized spacial score (nSPS) is 11.4. The predicted molar refractivity (Wildman–Crippen MR) is 89.3 cm³/mol. The second-order valence-corrected chi connectivity index (χ2v) is 5.24. The van der Waals surface area contributed by atoms with Gasteiger partial charge in [-0.2, -0.15) is 0 Å². The third-order valence-electron chi connectivity index (χ3n) is 3.41. The fraction of sp³-hybridized carbons (Fsp3) is 0.562. The minimum Gasteiger partial charge on any atom is -0.496 e. The molecule has 1 aromatic carbocycles. The molecular formula is C16H27ClN2O2. The first-order valence-corrected chi connectivity index (χ1v) is 7.09. The fourth-order valence-corrected chi connectivity index (χ4v) is 2.18. The third-order valence-corrected chi connectivity index (χ3v) is 3.41. The molecule has 0 aliphatic heterocycles. The van der Waals surface area contributed by atoms with E-state index in [0.717, 1.165) is 30.8 Å². The van der Waals surface area contributed by atoms with Crippen molar-refractivity contribution in [3.8, 4) is 5.75 Å². The van der Waals surface area contributed by atoms with Crippen LogP contribution in [0.15, 0.2) is 24.3 Å². The Hall–Kier alpha value is -1.26. The Labute approximate surface area is 134 Å². The third kappa shape index (κ3) is 6.82. The number of rotatable bonds is 8. The molecule has 0 saturated carbocycles. The average Bonchev–Trinajstić information content (AvgIpc) is 2.45. The lowest BCUT2D eigenvalue weighted by molar-refractivity contribution is -0.130. The molecule has 4 nitrogen and oxygen atoms in total. The lowest BCUT2D eigenvalue weighted by Gasteiger charge is -2.20. The average molecular weight is 315 g/mol. The maximum atomic E-state index is 12.1. The molecule has 120 valence electrons. The summed E-state index contributed by atoms with van der Waals surface area (Å²) in [4.78, 5) is 13.9. The van der Waals surface area contributed by atoms with Gasteiger partial charge in [0.05, 0.1) is 7.11 Å². The van der Waals surface area contributed by atoms with Crippen LogP contribution < -0.4 is 10.1 Å². The van der Waals surface area contributed by atoms with Gasteiger partial charge >= 0.3 is 0 Å². The zero-order chi connectivity index (χ0) is 15.0. The summed E-state index contributed by atoms with van der Waals surface area (Å²) in [6, 6.07) is 7.99. The molecule has 1 N–H and O–H groups in total. The van der Waals surface area contributed by atoms with Crippen molar-refractivity contribution in [3.63, 3.8) is 0 Å². The number of halogens is 1.